The van der Waals surface area contributed by atoms with Crippen LogP contribution in [0.25, 0.3) is 0 Å². The Balaban J connectivity index is 2.25. The van der Waals surface area contributed by atoms with Crippen LogP contribution in [0, 0.1) is 17.1 Å². The van der Waals surface area contributed by atoms with Crippen LogP contribution in [0.4, 0.5) is 8.78 Å². The fourth-order valence-corrected chi connectivity index (χ4v) is 3.50. The van der Waals surface area contributed by atoms with E-state index in [4.69, 9.17) is 5.26 Å². The number of hydrogen-bond acceptors (Lipinski definition) is 4. The molecule has 0 aromatic heterocycles. The molecule has 1 N–H and O–H groups in total. The van der Waals surface area contributed by atoms with E-state index in [0.29, 0.717) is 4.47 Å². The van der Waals surface area contributed by atoms with Crippen LogP contribution < -0.4 is 4.72 Å². The first-order valence-corrected chi connectivity index (χ1v) is 8.67. The highest BCUT2D eigenvalue weighted by molar-refractivity contribution is 9.10. The third kappa shape index (κ3) is 4.15. The fraction of sp³-hybridized carbons (Fsp3) is 0.0667. The molecule has 0 aliphatic heterocycles. The van der Waals surface area contributed by atoms with E-state index in [1.54, 1.807) is 10.8 Å². The van der Waals surface area contributed by atoms with Gasteiger partial charge in [0.1, 0.15) is 5.82 Å². The first kappa shape index (κ1) is 18.0. The molecule has 124 valence electrons. The third-order valence-electron chi connectivity index (χ3n) is 2.94. The summed E-state index contributed by atoms with van der Waals surface area (Å²) in [7, 11) is -4.37. The molecule has 1 unspecified atom stereocenters. The number of sulfonamides is 1. The molecule has 0 heterocycles. The lowest BCUT2D eigenvalue weighted by atomic mass is 10.1. The molecule has 2 aromatic rings. The summed E-state index contributed by atoms with van der Waals surface area (Å²) in [4.78, 5) is 11.5. The standard InChI is InChI=1S/C15H9BrF2N2O3S/c16-11-5-9(8-19)6-13(7-11)24(22,23)20-15(21)14(18)10-1-3-12(17)4-2-10/h1-7,14H,(H,20,21). The minimum atomic E-state index is -4.37. The van der Waals surface area contributed by atoms with Gasteiger partial charge in [-0.2, -0.15) is 5.26 Å². The second kappa shape index (κ2) is 7.07. The maximum Gasteiger partial charge on any atom is 0.272 e. The zero-order valence-electron chi connectivity index (χ0n) is 11.8. The third-order valence-corrected chi connectivity index (χ3v) is 4.72. The van der Waals surface area contributed by atoms with Gasteiger partial charge in [0.15, 0.2) is 0 Å². The van der Waals surface area contributed by atoms with Gasteiger partial charge in [0.25, 0.3) is 15.9 Å². The Bertz CT molecular complexity index is 925. The van der Waals surface area contributed by atoms with Crippen molar-refractivity contribution in [1.29, 1.82) is 5.26 Å². The topological polar surface area (TPSA) is 87.0 Å². The Kier molecular flexibility index (Phi) is 5.31. The highest BCUT2D eigenvalue weighted by Gasteiger charge is 2.26. The van der Waals surface area contributed by atoms with Crippen LogP contribution in [0.15, 0.2) is 51.8 Å². The van der Waals surface area contributed by atoms with Gasteiger partial charge in [-0.05, 0) is 35.9 Å². The van der Waals surface area contributed by atoms with Gasteiger partial charge >= 0.3 is 0 Å². The summed E-state index contributed by atoms with van der Waals surface area (Å²) in [6.07, 6.45) is -2.29. The van der Waals surface area contributed by atoms with Gasteiger partial charge < -0.3 is 0 Å². The molecule has 0 aliphatic carbocycles. The molecule has 0 saturated heterocycles. The molecule has 2 aromatic carbocycles. The monoisotopic (exact) mass is 414 g/mol. The SMILES string of the molecule is N#Cc1cc(Br)cc(S(=O)(=O)NC(=O)C(F)c2ccc(F)cc2)c1. The molecule has 0 aliphatic rings. The molecule has 1 atom stereocenters. The Hall–Kier alpha value is -2.31. The number of nitrogens with one attached hydrogen (secondary N) is 1. The highest BCUT2D eigenvalue weighted by atomic mass is 79.9. The van der Waals surface area contributed by atoms with Crippen molar-refractivity contribution < 1.29 is 22.0 Å². The van der Waals surface area contributed by atoms with Crippen LogP contribution in [0.5, 0.6) is 0 Å². The van der Waals surface area contributed by atoms with Crippen LogP contribution in [-0.2, 0) is 14.8 Å². The first-order valence-electron chi connectivity index (χ1n) is 6.40. The van der Waals surface area contributed by atoms with Crippen molar-refractivity contribution in [1.82, 2.24) is 4.72 Å². The predicted octanol–water partition coefficient (Wildman–Crippen LogP) is 2.98. The van der Waals surface area contributed by atoms with Crippen LogP contribution in [0.2, 0.25) is 0 Å². The molecule has 2 rings (SSSR count). The summed E-state index contributed by atoms with van der Waals surface area (Å²) in [6, 6.07) is 9.36. The van der Waals surface area contributed by atoms with E-state index >= 15 is 0 Å². The largest absolute Gasteiger partial charge is 0.272 e. The summed E-state index contributed by atoms with van der Waals surface area (Å²) in [5, 5.41) is 8.85. The molecule has 9 heteroatoms. The van der Waals surface area contributed by atoms with E-state index in [1.807, 2.05) is 0 Å². The Morgan fingerprint density at radius 1 is 1.21 bits per heavy atom. The predicted molar refractivity (Wildman–Crippen MR) is 84.4 cm³/mol. The summed E-state index contributed by atoms with van der Waals surface area (Å²) in [5.74, 6) is -2.03. The van der Waals surface area contributed by atoms with E-state index in [2.05, 4.69) is 15.9 Å². The highest BCUT2D eigenvalue weighted by Crippen LogP contribution is 2.22. The normalized spacial score (nSPS) is 12.2. The van der Waals surface area contributed by atoms with Crippen LogP contribution in [-0.4, -0.2) is 14.3 Å². The Labute approximate surface area is 145 Å². The molecular weight excluding hydrogens is 406 g/mol. The molecule has 1 amide bonds. The summed E-state index contributed by atoms with van der Waals surface area (Å²) in [5.41, 5.74) is -0.136. The molecule has 0 spiro atoms. The second-order valence-electron chi connectivity index (χ2n) is 4.67. The lowest BCUT2D eigenvalue weighted by Crippen LogP contribution is -2.33. The molecule has 0 bridgehead atoms. The van der Waals surface area contributed by atoms with Crippen LogP contribution >= 0.6 is 15.9 Å². The van der Waals surface area contributed by atoms with Crippen molar-refractivity contribution in [3.05, 3.63) is 63.9 Å². The first-order chi connectivity index (χ1) is 11.2. The van der Waals surface area contributed by atoms with Crippen molar-refractivity contribution in [2.75, 3.05) is 0 Å². The maximum atomic E-state index is 14.1. The van der Waals surface area contributed by atoms with E-state index in [0.717, 1.165) is 30.3 Å². The van der Waals surface area contributed by atoms with E-state index in [1.165, 1.54) is 12.1 Å². The van der Waals surface area contributed by atoms with Crippen molar-refractivity contribution in [2.45, 2.75) is 11.1 Å². The van der Waals surface area contributed by atoms with Crippen LogP contribution in [0.1, 0.15) is 17.3 Å². The number of halogens is 3. The number of amides is 1. The number of nitrogens with zero attached hydrogens (tertiary/aromatic N) is 1. The van der Waals surface area contributed by atoms with Crippen molar-refractivity contribution in [3.8, 4) is 6.07 Å². The Morgan fingerprint density at radius 3 is 2.42 bits per heavy atom. The van der Waals surface area contributed by atoms with Gasteiger partial charge in [-0.25, -0.2) is 21.9 Å². The van der Waals surface area contributed by atoms with E-state index in [9.17, 15) is 22.0 Å². The zero-order valence-corrected chi connectivity index (χ0v) is 14.2. The number of alkyl halides is 1. The zero-order chi connectivity index (χ0) is 17.9. The number of carbonyl (C=O) groups excluding carboxylic acids is 1. The number of carbonyl (C=O) groups is 1. The lowest BCUT2D eigenvalue weighted by molar-refractivity contribution is -0.124. The molecule has 0 radical (unpaired) electrons. The quantitative estimate of drug-likeness (QED) is 0.832. The molecule has 0 saturated carbocycles. The van der Waals surface area contributed by atoms with Crippen molar-refractivity contribution in [3.63, 3.8) is 0 Å². The van der Waals surface area contributed by atoms with Gasteiger partial charge in [-0.3, -0.25) is 4.79 Å². The summed E-state index contributed by atoms with van der Waals surface area (Å²) in [6.45, 7) is 0. The number of hydrogen-bond donors (Lipinski definition) is 1. The van der Waals surface area contributed by atoms with Gasteiger partial charge in [0, 0.05) is 4.47 Å². The molecule has 5 nitrogen and oxygen atoms in total. The molecule has 0 fully saturated rings. The smallest absolute Gasteiger partial charge is 0.270 e. The minimum Gasteiger partial charge on any atom is -0.270 e. The summed E-state index contributed by atoms with van der Waals surface area (Å²) < 4.78 is 53.1. The number of benzene rings is 2. The van der Waals surface area contributed by atoms with Gasteiger partial charge in [0.2, 0.25) is 6.17 Å². The maximum absolute atomic E-state index is 14.1. The number of rotatable bonds is 4. The lowest BCUT2D eigenvalue weighted by Gasteiger charge is -2.11. The van der Waals surface area contributed by atoms with Crippen molar-refractivity contribution >= 4 is 31.9 Å². The molecular formula is C15H9BrF2N2O3S. The summed E-state index contributed by atoms with van der Waals surface area (Å²) >= 11 is 3.05. The minimum absolute atomic E-state index is 0.0486. The second-order valence-corrected chi connectivity index (χ2v) is 7.27. The number of nitriles is 1. The fourth-order valence-electron chi connectivity index (χ4n) is 1.81. The van der Waals surface area contributed by atoms with Gasteiger partial charge in [-0.15, -0.1) is 0 Å². The average molecular weight is 415 g/mol. The van der Waals surface area contributed by atoms with Gasteiger partial charge in [-0.1, -0.05) is 28.1 Å². The van der Waals surface area contributed by atoms with E-state index < -0.39 is 27.9 Å². The average Bonchev–Trinajstić information content (AvgIpc) is 2.53. The van der Waals surface area contributed by atoms with Gasteiger partial charge in [0.05, 0.1) is 16.5 Å². The Morgan fingerprint density at radius 2 is 1.83 bits per heavy atom. The van der Waals surface area contributed by atoms with Crippen molar-refractivity contribution in [2.24, 2.45) is 0 Å². The van der Waals surface area contributed by atoms with Crippen LogP contribution in [0.3, 0.4) is 0 Å². The molecule has 24 heavy (non-hydrogen) atoms. The van der Waals surface area contributed by atoms with E-state index in [-0.39, 0.29) is 16.0 Å².